The molecule has 0 aromatic carbocycles. The number of unbranched alkanes of at least 4 members (excludes halogenated alkanes) is 4. The van der Waals surface area contributed by atoms with E-state index in [1.54, 1.807) is 0 Å². The van der Waals surface area contributed by atoms with Crippen LogP contribution >= 0.6 is 0 Å². The van der Waals surface area contributed by atoms with Crippen LogP contribution in [0.3, 0.4) is 0 Å². The predicted octanol–water partition coefficient (Wildman–Crippen LogP) is 11.3. The minimum atomic E-state index is -0.721. The lowest BCUT2D eigenvalue weighted by Gasteiger charge is -2.56. The molecule has 1 atom stereocenters. The monoisotopic (exact) mass is 733 g/mol. The van der Waals surface area contributed by atoms with Gasteiger partial charge in [-0.1, -0.05) is 89.9 Å². The van der Waals surface area contributed by atoms with Crippen LogP contribution in [0.15, 0.2) is 0 Å². The van der Waals surface area contributed by atoms with Crippen molar-refractivity contribution in [2.24, 2.45) is 11.8 Å². The molecule has 8 nitrogen and oxygen atoms in total. The van der Waals surface area contributed by atoms with E-state index in [1.165, 1.54) is 64.2 Å². The van der Waals surface area contributed by atoms with Gasteiger partial charge in [0.05, 0.1) is 18.1 Å². The number of carbonyl (C=O) groups is 2. The van der Waals surface area contributed by atoms with Crippen molar-refractivity contribution in [1.82, 2.24) is 10.1 Å². The molecule has 8 heteroatoms. The highest BCUT2D eigenvalue weighted by Crippen LogP contribution is 2.47. The average molecular weight is 733 g/mol. The number of hydroxylamine groups is 4. The number of carboxylic acids is 1. The lowest BCUT2D eigenvalue weighted by molar-refractivity contribution is -0.318. The molecule has 52 heavy (non-hydrogen) atoms. The van der Waals surface area contributed by atoms with Crippen molar-refractivity contribution < 1.29 is 29.1 Å². The molecule has 2 heterocycles. The first-order valence-electron chi connectivity index (χ1n) is 21.9. The second-order valence-corrected chi connectivity index (χ2v) is 19.9. The van der Waals surface area contributed by atoms with E-state index < -0.39 is 5.97 Å². The Morgan fingerprint density at radius 3 is 1.38 bits per heavy atom. The number of ether oxygens (including phenoxy) is 1. The summed E-state index contributed by atoms with van der Waals surface area (Å²) in [6, 6.07) is 0. The highest BCUT2D eigenvalue weighted by atomic mass is 16.7. The maximum absolute atomic E-state index is 14.6. The van der Waals surface area contributed by atoms with Crippen LogP contribution in [-0.4, -0.2) is 67.6 Å². The van der Waals surface area contributed by atoms with E-state index in [0.717, 1.165) is 89.9 Å². The first-order valence-corrected chi connectivity index (χ1v) is 21.9. The van der Waals surface area contributed by atoms with Crippen molar-refractivity contribution in [1.29, 1.82) is 0 Å². The highest BCUT2D eigenvalue weighted by Gasteiger charge is 2.52. The molecule has 1 unspecified atom stereocenters. The minimum absolute atomic E-state index is 0.0251. The molecule has 2 saturated carbocycles. The summed E-state index contributed by atoms with van der Waals surface area (Å²) >= 11 is 0. The summed E-state index contributed by atoms with van der Waals surface area (Å²) in [6.07, 6.45) is 26.7. The van der Waals surface area contributed by atoms with Crippen LogP contribution < -0.4 is 0 Å². The zero-order chi connectivity index (χ0) is 38.0. The number of nitrogens with zero attached hydrogens (tertiary/aromatic N) is 2. The van der Waals surface area contributed by atoms with Crippen molar-refractivity contribution in [3.63, 3.8) is 0 Å². The molecule has 0 spiro atoms. The zero-order valence-corrected chi connectivity index (χ0v) is 34.9. The van der Waals surface area contributed by atoms with Gasteiger partial charge in [-0.05, 0) is 113 Å². The van der Waals surface area contributed by atoms with E-state index in [-0.39, 0.29) is 64.7 Å². The quantitative estimate of drug-likeness (QED) is 0.131. The van der Waals surface area contributed by atoms with Crippen LogP contribution in [0.5, 0.6) is 0 Å². The third kappa shape index (κ3) is 12.9. The molecule has 0 radical (unpaired) electrons. The lowest BCUT2D eigenvalue weighted by atomic mass is 9.69. The Hall–Kier alpha value is -1.22. The molecular weight excluding hydrogens is 652 g/mol. The van der Waals surface area contributed by atoms with Gasteiger partial charge in [0, 0.05) is 41.4 Å². The summed E-state index contributed by atoms with van der Waals surface area (Å²) in [5.41, 5.74) is -0.948. The van der Waals surface area contributed by atoms with E-state index in [9.17, 15) is 9.59 Å². The summed E-state index contributed by atoms with van der Waals surface area (Å²) < 4.78 is 6.65. The van der Waals surface area contributed by atoms with Crippen LogP contribution in [0.25, 0.3) is 0 Å². The van der Waals surface area contributed by atoms with Gasteiger partial charge in [0.15, 0.2) is 0 Å². The van der Waals surface area contributed by atoms with Gasteiger partial charge in [-0.15, -0.1) is 0 Å². The number of rotatable bonds is 15. The van der Waals surface area contributed by atoms with Gasteiger partial charge in [-0.2, -0.15) is 10.1 Å². The highest BCUT2D eigenvalue weighted by molar-refractivity contribution is 5.73. The smallest absolute Gasteiger partial charge is 0.309 e. The number of aliphatic carboxylic acids is 1. The molecule has 4 aliphatic rings. The van der Waals surface area contributed by atoms with Gasteiger partial charge in [0.1, 0.15) is 6.10 Å². The molecular formula is C44H80N2O6. The second-order valence-electron chi connectivity index (χ2n) is 19.9. The number of hydrogen-bond donors (Lipinski definition) is 1. The van der Waals surface area contributed by atoms with Crippen molar-refractivity contribution in [3.05, 3.63) is 0 Å². The molecule has 0 aromatic heterocycles. The van der Waals surface area contributed by atoms with E-state index in [4.69, 9.17) is 19.5 Å². The van der Waals surface area contributed by atoms with Crippen molar-refractivity contribution in [3.8, 4) is 0 Å². The fraction of sp³-hybridized carbons (Fsp3) is 0.955. The SMILES string of the molecule is CC1(C)CC(OC(=O)C(CCCCCCCC(=O)O)C2CC(C)(C)N(OC3CCCCCCC3)C(C)(C)C2)CC(C)(C)N1OC1CCCCCCC1. The van der Waals surface area contributed by atoms with Gasteiger partial charge < -0.3 is 9.84 Å². The Morgan fingerprint density at radius 2 is 0.942 bits per heavy atom. The Balaban J connectivity index is 1.45. The fourth-order valence-corrected chi connectivity index (χ4v) is 10.8. The molecule has 2 aliphatic heterocycles. The standard InChI is InChI=1S/C44H80N2O6/c1-41(2)30-34(31-42(3,4)45(41)51-35-24-18-12-9-13-19-25-35)38(28-22-16-11-17-23-29-39(47)48)40(49)50-37-32-43(5,6)46(44(7,8)33-37)52-36-26-20-14-10-15-21-27-36/h34-38H,9-33H2,1-8H3,(H,47,48). The first kappa shape index (κ1) is 43.5. The number of carbonyl (C=O) groups excluding carboxylic acids is 1. The van der Waals surface area contributed by atoms with E-state index in [0.29, 0.717) is 0 Å². The first-order chi connectivity index (χ1) is 24.5. The van der Waals surface area contributed by atoms with Crippen molar-refractivity contribution in [2.75, 3.05) is 0 Å². The normalized spacial score (nSPS) is 26.5. The molecule has 0 amide bonds. The summed E-state index contributed by atoms with van der Waals surface area (Å²) in [5.74, 6) is -0.716. The minimum Gasteiger partial charge on any atom is -0.481 e. The molecule has 2 saturated heterocycles. The van der Waals surface area contributed by atoms with Crippen LogP contribution in [0.1, 0.15) is 216 Å². The molecule has 1 N–H and O–H groups in total. The maximum Gasteiger partial charge on any atom is 0.309 e. The third-order valence-electron chi connectivity index (χ3n) is 12.9. The van der Waals surface area contributed by atoms with Gasteiger partial charge in [0.25, 0.3) is 0 Å². The van der Waals surface area contributed by atoms with E-state index in [2.05, 4.69) is 65.5 Å². The van der Waals surface area contributed by atoms with Crippen LogP contribution in [0, 0.1) is 11.8 Å². The second kappa shape index (κ2) is 19.6. The van der Waals surface area contributed by atoms with Crippen molar-refractivity contribution in [2.45, 2.75) is 256 Å². The van der Waals surface area contributed by atoms with Gasteiger partial charge >= 0.3 is 11.9 Å². The van der Waals surface area contributed by atoms with Crippen LogP contribution in [0.4, 0.5) is 0 Å². The Bertz CT molecular complexity index is 1050. The fourth-order valence-electron chi connectivity index (χ4n) is 10.8. The lowest BCUT2D eigenvalue weighted by Crippen LogP contribution is -2.63. The maximum atomic E-state index is 14.6. The number of hydrogen-bond acceptors (Lipinski definition) is 7. The summed E-state index contributed by atoms with van der Waals surface area (Å²) in [5, 5.41) is 13.6. The summed E-state index contributed by atoms with van der Waals surface area (Å²) in [4.78, 5) is 39.4. The molecule has 0 aromatic rings. The Kier molecular flexibility index (Phi) is 16.4. The number of esters is 1. The Morgan fingerprint density at radius 1 is 0.558 bits per heavy atom. The van der Waals surface area contributed by atoms with Crippen LogP contribution in [-0.2, 0) is 24.0 Å². The van der Waals surface area contributed by atoms with Crippen molar-refractivity contribution >= 4 is 11.9 Å². The molecule has 4 fully saturated rings. The number of carboxylic acid groups (broad SMARTS) is 1. The van der Waals surface area contributed by atoms with Gasteiger partial charge in [-0.3, -0.25) is 19.3 Å². The molecule has 4 rings (SSSR count). The summed E-state index contributed by atoms with van der Waals surface area (Å²) in [6.45, 7) is 18.3. The third-order valence-corrected chi connectivity index (χ3v) is 12.9. The van der Waals surface area contributed by atoms with Gasteiger partial charge in [0.2, 0.25) is 0 Å². The van der Waals surface area contributed by atoms with E-state index >= 15 is 0 Å². The average Bonchev–Trinajstić information content (AvgIpc) is 2.98. The van der Waals surface area contributed by atoms with Crippen LogP contribution in [0.2, 0.25) is 0 Å². The van der Waals surface area contributed by atoms with E-state index in [1.807, 2.05) is 0 Å². The largest absolute Gasteiger partial charge is 0.481 e. The topological polar surface area (TPSA) is 88.5 Å². The zero-order valence-electron chi connectivity index (χ0n) is 34.9. The molecule has 302 valence electrons. The summed E-state index contributed by atoms with van der Waals surface area (Å²) in [7, 11) is 0. The molecule has 2 aliphatic carbocycles. The predicted molar refractivity (Wildman–Crippen MR) is 210 cm³/mol. The number of piperidine rings is 2. The van der Waals surface area contributed by atoms with Gasteiger partial charge in [-0.25, -0.2) is 0 Å². The Labute approximate surface area is 318 Å². The molecule has 0 bridgehead atoms.